The van der Waals surface area contributed by atoms with E-state index in [-0.39, 0.29) is 11.6 Å². The van der Waals surface area contributed by atoms with Crippen molar-refractivity contribution < 1.29 is 4.74 Å². The van der Waals surface area contributed by atoms with Crippen LogP contribution in [0.25, 0.3) is 10.9 Å². The zero-order valence-corrected chi connectivity index (χ0v) is 22.0. The average molecular weight is 501 g/mol. The van der Waals surface area contributed by atoms with Crippen LogP contribution in [0.3, 0.4) is 0 Å². The second-order valence-electron chi connectivity index (χ2n) is 9.98. The molecule has 0 aliphatic heterocycles. The molecule has 4 aromatic rings. The molecule has 0 radical (unpaired) electrons. The number of benzene rings is 2. The van der Waals surface area contributed by atoms with Gasteiger partial charge in [-0.05, 0) is 83.0 Å². The SMILES string of the molecule is CCc1ccc2[nH]c(=O)c(CN(C3CCCC3)[C@H](CC)c3nnnn3Cc3ccc(OC)cc3)cc2c1. The molecule has 8 heteroatoms. The number of hydrogen-bond donors (Lipinski definition) is 1. The van der Waals surface area contributed by atoms with Gasteiger partial charge in [0.2, 0.25) is 0 Å². The van der Waals surface area contributed by atoms with Crippen LogP contribution >= 0.6 is 0 Å². The number of aromatic nitrogens is 5. The van der Waals surface area contributed by atoms with Crippen molar-refractivity contribution in [2.45, 2.75) is 77.5 Å². The normalized spacial score (nSPS) is 15.0. The molecule has 1 fully saturated rings. The quantitative estimate of drug-likeness (QED) is 0.329. The predicted octanol–water partition coefficient (Wildman–Crippen LogP) is 5.03. The van der Waals surface area contributed by atoms with Gasteiger partial charge in [0.15, 0.2) is 5.82 Å². The number of aryl methyl sites for hydroxylation is 1. The monoisotopic (exact) mass is 500 g/mol. The maximum atomic E-state index is 13.2. The Kier molecular flexibility index (Phi) is 7.65. The molecular formula is C29H36N6O2. The lowest BCUT2D eigenvalue weighted by Gasteiger charge is -2.35. The van der Waals surface area contributed by atoms with Crippen molar-refractivity contribution in [2.24, 2.45) is 0 Å². The Hall–Kier alpha value is -3.52. The number of rotatable bonds is 10. The van der Waals surface area contributed by atoms with Crippen LogP contribution < -0.4 is 10.3 Å². The molecule has 1 N–H and O–H groups in total. The molecular weight excluding hydrogens is 464 g/mol. The maximum Gasteiger partial charge on any atom is 0.252 e. The molecule has 2 heterocycles. The smallest absolute Gasteiger partial charge is 0.252 e. The first-order chi connectivity index (χ1) is 18.1. The Bertz CT molecular complexity index is 1390. The van der Waals surface area contributed by atoms with Gasteiger partial charge in [0, 0.05) is 23.7 Å². The number of pyridine rings is 1. The summed E-state index contributed by atoms with van der Waals surface area (Å²) in [5, 5.41) is 14.0. The van der Waals surface area contributed by atoms with Crippen LogP contribution in [0.5, 0.6) is 5.75 Å². The van der Waals surface area contributed by atoms with Crippen molar-refractivity contribution in [2.75, 3.05) is 7.11 Å². The Balaban J connectivity index is 1.47. The highest BCUT2D eigenvalue weighted by atomic mass is 16.5. The van der Waals surface area contributed by atoms with Gasteiger partial charge in [-0.25, -0.2) is 4.68 Å². The summed E-state index contributed by atoms with van der Waals surface area (Å²) in [7, 11) is 1.67. The highest BCUT2D eigenvalue weighted by molar-refractivity contribution is 5.79. The van der Waals surface area contributed by atoms with Gasteiger partial charge in [0.25, 0.3) is 5.56 Å². The summed E-state index contributed by atoms with van der Waals surface area (Å²) < 4.78 is 7.20. The number of tetrazole rings is 1. The first-order valence-electron chi connectivity index (χ1n) is 13.4. The number of ether oxygens (including phenoxy) is 1. The van der Waals surface area contributed by atoms with Gasteiger partial charge in [-0.3, -0.25) is 9.69 Å². The number of methoxy groups -OCH3 is 1. The average Bonchev–Trinajstić information content (AvgIpc) is 3.62. The lowest BCUT2D eigenvalue weighted by molar-refractivity contribution is 0.112. The maximum absolute atomic E-state index is 13.2. The van der Waals surface area contributed by atoms with E-state index in [1.54, 1.807) is 7.11 Å². The lowest BCUT2D eigenvalue weighted by Crippen LogP contribution is -2.39. The summed E-state index contributed by atoms with van der Waals surface area (Å²) in [4.78, 5) is 18.7. The van der Waals surface area contributed by atoms with E-state index in [1.807, 2.05) is 35.0 Å². The molecule has 37 heavy (non-hydrogen) atoms. The van der Waals surface area contributed by atoms with Crippen molar-refractivity contribution in [3.63, 3.8) is 0 Å². The molecule has 1 aliphatic carbocycles. The molecule has 1 atom stereocenters. The van der Waals surface area contributed by atoms with Gasteiger partial charge < -0.3 is 9.72 Å². The highest BCUT2D eigenvalue weighted by Crippen LogP contribution is 2.34. The zero-order chi connectivity index (χ0) is 25.8. The van der Waals surface area contributed by atoms with Crippen LogP contribution in [-0.4, -0.2) is 43.2 Å². The standard InChI is InChI=1S/C29H36N6O2/c1-4-20-12-15-26-22(16-20)17-23(29(36)30-26)19-34(24-8-6-7-9-24)27(5-2)28-31-32-33-35(28)18-21-10-13-25(37-3)14-11-21/h10-17,24,27H,4-9,18-19H2,1-3H3,(H,30,36)/t27-/m1/s1. The molecule has 0 unspecified atom stereocenters. The largest absolute Gasteiger partial charge is 0.497 e. The summed E-state index contributed by atoms with van der Waals surface area (Å²) >= 11 is 0. The van der Waals surface area contributed by atoms with Crippen LogP contribution in [0.15, 0.2) is 53.3 Å². The molecule has 194 valence electrons. The minimum absolute atomic E-state index is 0.00780. The summed E-state index contributed by atoms with van der Waals surface area (Å²) in [5.74, 6) is 1.67. The van der Waals surface area contributed by atoms with Gasteiger partial charge in [0.1, 0.15) is 5.75 Å². The minimum Gasteiger partial charge on any atom is -0.497 e. The molecule has 0 spiro atoms. The van der Waals surface area contributed by atoms with Crippen molar-refractivity contribution in [1.82, 2.24) is 30.1 Å². The lowest BCUT2D eigenvalue weighted by atomic mass is 10.0. The number of hydrogen-bond acceptors (Lipinski definition) is 6. The molecule has 1 saturated carbocycles. The van der Waals surface area contributed by atoms with Crippen LogP contribution in [0.4, 0.5) is 0 Å². The fourth-order valence-corrected chi connectivity index (χ4v) is 5.60. The molecule has 2 aromatic carbocycles. The first-order valence-corrected chi connectivity index (χ1v) is 13.4. The summed E-state index contributed by atoms with van der Waals surface area (Å²) in [5.41, 5.74) is 4.03. The highest BCUT2D eigenvalue weighted by Gasteiger charge is 2.32. The number of nitrogens with one attached hydrogen (secondary N) is 1. The van der Waals surface area contributed by atoms with Gasteiger partial charge in [-0.2, -0.15) is 0 Å². The predicted molar refractivity (Wildman–Crippen MR) is 145 cm³/mol. The molecule has 1 aliphatic rings. The van der Waals surface area contributed by atoms with E-state index in [1.165, 1.54) is 18.4 Å². The van der Waals surface area contributed by atoms with E-state index in [0.717, 1.165) is 59.3 Å². The van der Waals surface area contributed by atoms with Crippen LogP contribution in [0, 0.1) is 0 Å². The number of aromatic amines is 1. The summed E-state index contributed by atoms with van der Waals surface area (Å²) in [6, 6.07) is 16.7. The molecule has 2 aromatic heterocycles. The van der Waals surface area contributed by atoms with E-state index in [9.17, 15) is 4.79 Å². The molecule has 0 amide bonds. The molecule has 5 rings (SSSR count). The number of H-pyrrole nitrogens is 1. The number of nitrogens with zero attached hydrogens (tertiary/aromatic N) is 5. The van der Waals surface area contributed by atoms with Crippen molar-refractivity contribution in [3.05, 3.63) is 81.4 Å². The van der Waals surface area contributed by atoms with Crippen molar-refractivity contribution in [3.8, 4) is 5.75 Å². The van der Waals surface area contributed by atoms with E-state index < -0.39 is 0 Å². The third kappa shape index (κ3) is 5.44. The van der Waals surface area contributed by atoms with Crippen LogP contribution in [0.2, 0.25) is 0 Å². The molecule has 8 nitrogen and oxygen atoms in total. The molecule has 0 bridgehead atoms. The van der Waals surface area contributed by atoms with Crippen LogP contribution in [0.1, 0.15) is 74.5 Å². The van der Waals surface area contributed by atoms with Crippen molar-refractivity contribution >= 4 is 10.9 Å². The Morgan fingerprint density at radius 1 is 1.08 bits per heavy atom. The fourth-order valence-electron chi connectivity index (χ4n) is 5.60. The Morgan fingerprint density at radius 3 is 2.54 bits per heavy atom. The Morgan fingerprint density at radius 2 is 1.84 bits per heavy atom. The van der Waals surface area contributed by atoms with Gasteiger partial charge in [-0.15, -0.1) is 5.10 Å². The van der Waals surface area contributed by atoms with Gasteiger partial charge >= 0.3 is 0 Å². The third-order valence-electron chi connectivity index (χ3n) is 7.68. The zero-order valence-electron chi connectivity index (χ0n) is 22.0. The van der Waals surface area contributed by atoms with E-state index in [2.05, 4.69) is 57.5 Å². The molecule has 0 saturated heterocycles. The summed E-state index contributed by atoms with van der Waals surface area (Å²) in [6.07, 6.45) is 6.49. The second kappa shape index (κ2) is 11.3. The third-order valence-corrected chi connectivity index (χ3v) is 7.68. The van der Waals surface area contributed by atoms with Gasteiger partial charge in [0.05, 0.1) is 19.7 Å². The minimum atomic E-state index is -0.0209. The van der Waals surface area contributed by atoms with Crippen molar-refractivity contribution in [1.29, 1.82) is 0 Å². The van der Waals surface area contributed by atoms with E-state index >= 15 is 0 Å². The Labute approximate surface area is 217 Å². The fraction of sp³-hybridized carbons (Fsp3) is 0.448. The number of fused-ring (bicyclic) bond motifs is 1. The van der Waals surface area contributed by atoms with E-state index in [0.29, 0.717) is 19.1 Å². The summed E-state index contributed by atoms with van der Waals surface area (Å²) in [6.45, 7) is 5.48. The topological polar surface area (TPSA) is 88.9 Å². The second-order valence-corrected chi connectivity index (χ2v) is 9.98. The van der Waals surface area contributed by atoms with E-state index in [4.69, 9.17) is 4.74 Å². The van der Waals surface area contributed by atoms with Crippen LogP contribution in [-0.2, 0) is 19.5 Å². The first kappa shape index (κ1) is 25.1. The van der Waals surface area contributed by atoms with Gasteiger partial charge in [-0.1, -0.05) is 44.9 Å².